The fourth-order valence-electron chi connectivity index (χ4n) is 10.5. The second kappa shape index (κ2) is 12.7. The van der Waals surface area contributed by atoms with Crippen molar-refractivity contribution in [2.24, 2.45) is 46.3 Å². The Morgan fingerprint density at radius 2 is 1.84 bits per heavy atom. The van der Waals surface area contributed by atoms with Crippen LogP contribution in [0, 0.1) is 46.3 Å². The second-order valence-corrected chi connectivity index (χ2v) is 15.9. The molecule has 0 spiro atoms. The van der Waals surface area contributed by atoms with Gasteiger partial charge in [-0.2, -0.15) is 0 Å². The van der Waals surface area contributed by atoms with E-state index in [2.05, 4.69) is 47.3 Å². The highest BCUT2D eigenvalue weighted by molar-refractivity contribution is 5.66. The number of aliphatic hydroxyl groups is 4. The van der Waals surface area contributed by atoms with Gasteiger partial charge in [0.2, 0.25) is 0 Å². The zero-order chi connectivity index (χ0) is 32.3. The van der Waals surface area contributed by atoms with E-state index < -0.39 is 42.8 Å². The van der Waals surface area contributed by atoms with Crippen molar-refractivity contribution in [3.05, 3.63) is 23.8 Å². The molecule has 1 aliphatic heterocycles. The van der Waals surface area contributed by atoms with E-state index in [9.17, 15) is 25.2 Å². The molecule has 250 valence electrons. The highest BCUT2D eigenvalue weighted by Crippen LogP contribution is 2.67. The quantitative estimate of drug-likeness (QED) is 0.223. The minimum absolute atomic E-state index is 0.101. The van der Waals surface area contributed by atoms with Gasteiger partial charge in [0.05, 0.1) is 24.4 Å². The maximum Gasteiger partial charge on any atom is 0.303 e. The molecule has 0 aromatic carbocycles. The average molecular weight is 619 g/mol. The zero-order valence-electron chi connectivity index (χ0n) is 27.9. The van der Waals surface area contributed by atoms with Crippen LogP contribution in [0.15, 0.2) is 23.8 Å². The molecule has 0 radical (unpaired) electrons. The van der Waals surface area contributed by atoms with Gasteiger partial charge in [-0.05, 0) is 105 Å². The Kier molecular flexibility index (Phi) is 9.85. The summed E-state index contributed by atoms with van der Waals surface area (Å²) in [6.45, 7) is 18.6. The van der Waals surface area contributed by atoms with Crippen molar-refractivity contribution >= 4 is 5.97 Å². The van der Waals surface area contributed by atoms with Crippen LogP contribution in [0.5, 0.6) is 0 Å². The number of esters is 1. The summed E-state index contributed by atoms with van der Waals surface area (Å²) in [5.41, 5.74) is 2.31. The molecule has 8 nitrogen and oxygen atoms in total. The van der Waals surface area contributed by atoms with E-state index in [0.29, 0.717) is 30.1 Å². The van der Waals surface area contributed by atoms with E-state index in [-0.39, 0.29) is 34.9 Å². The SMILES string of the molecule is C=C(CC[C@@H](C)[C@H]1[C@@H](O)C[C@H]2[C@@H]3CC=C4C[C@@H](O[C@@H]5O[C@H](C)[C@H](OC(C)=O)[C@H](O)[C@H]5O)CC[C@]4(C)[C@H]3[C@H](O)C[C@]12C)C(C)C. The standard InChI is InChI=1S/C36H58O8/c1-18(2)19(3)9-10-20(4)29-27(38)16-26-25-12-11-23-15-24(13-14-35(23,7)30(25)28(39)17-36(26,29)8)44-34-32(41)31(40)33(21(5)42-34)43-22(6)37/h11,18,20-21,24-34,38-41H,3,9-10,12-17H2,1-2,4-8H3/t20-,21-,24+,25+,26+,27+,28-,29+,30-,31-,32-,33+,34+,35+,36+/m1/s1. The van der Waals surface area contributed by atoms with Crippen LogP contribution in [-0.4, -0.2) is 75.4 Å². The van der Waals surface area contributed by atoms with Crippen molar-refractivity contribution in [3.8, 4) is 0 Å². The Morgan fingerprint density at radius 1 is 1.14 bits per heavy atom. The zero-order valence-corrected chi connectivity index (χ0v) is 27.9. The highest BCUT2D eigenvalue weighted by Gasteiger charge is 2.64. The molecule has 4 fully saturated rings. The molecule has 1 saturated heterocycles. The van der Waals surface area contributed by atoms with Crippen LogP contribution in [-0.2, 0) is 19.0 Å². The van der Waals surface area contributed by atoms with Gasteiger partial charge < -0.3 is 34.6 Å². The number of carbonyl (C=O) groups excluding carboxylic acids is 1. The lowest BCUT2D eigenvalue weighted by atomic mass is 9.46. The van der Waals surface area contributed by atoms with Crippen molar-refractivity contribution in [1.29, 1.82) is 0 Å². The molecule has 5 rings (SSSR count). The van der Waals surface area contributed by atoms with Crippen LogP contribution >= 0.6 is 0 Å². The van der Waals surface area contributed by atoms with Gasteiger partial charge in [0.25, 0.3) is 0 Å². The summed E-state index contributed by atoms with van der Waals surface area (Å²) in [6.07, 6.45) is 2.87. The Morgan fingerprint density at radius 3 is 2.50 bits per heavy atom. The summed E-state index contributed by atoms with van der Waals surface area (Å²) in [5.74, 6) is 1.28. The van der Waals surface area contributed by atoms with Crippen LogP contribution in [0.1, 0.15) is 99.8 Å². The number of aliphatic hydroxyl groups excluding tert-OH is 4. The molecule has 0 aromatic rings. The van der Waals surface area contributed by atoms with Crippen molar-refractivity contribution in [1.82, 2.24) is 0 Å². The molecule has 0 unspecified atom stereocenters. The predicted molar refractivity (Wildman–Crippen MR) is 167 cm³/mol. The van der Waals surface area contributed by atoms with Crippen LogP contribution < -0.4 is 0 Å². The molecule has 1 heterocycles. The van der Waals surface area contributed by atoms with Crippen molar-refractivity contribution in [3.63, 3.8) is 0 Å². The Bertz CT molecular complexity index is 1100. The first-order chi connectivity index (χ1) is 20.6. The first-order valence-corrected chi connectivity index (χ1v) is 17.2. The molecular weight excluding hydrogens is 560 g/mol. The van der Waals surface area contributed by atoms with Crippen molar-refractivity contribution in [2.45, 2.75) is 149 Å². The van der Waals surface area contributed by atoms with Gasteiger partial charge in [0, 0.05) is 6.92 Å². The minimum atomic E-state index is -1.33. The number of hydrogen-bond donors (Lipinski definition) is 4. The fourth-order valence-corrected chi connectivity index (χ4v) is 10.5. The number of ether oxygens (including phenoxy) is 3. The fraction of sp³-hybridized carbons (Fsp3) is 0.861. The Labute approximate surface area is 264 Å². The molecule has 4 aliphatic carbocycles. The van der Waals surface area contributed by atoms with Gasteiger partial charge in [-0.3, -0.25) is 4.79 Å². The van der Waals surface area contributed by atoms with E-state index in [0.717, 1.165) is 44.9 Å². The van der Waals surface area contributed by atoms with Gasteiger partial charge in [0.15, 0.2) is 12.4 Å². The summed E-state index contributed by atoms with van der Waals surface area (Å²) in [5, 5.41) is 44.8. The average Bonchev–Trinajstić information content (AvgIpc) is 3.21. The number of hydrogen-bond acceptors (Lipinski definition) is 8. The maximum absolute atomic E-state index is 11.9. The number of allylic oxidation sites excluding steroid dienone is 2. The summed E-state index contributed by atoms with van der Waals surface area (Å²) < 4.78 is 17.3. The molecule has 44 heavy (non-hydrogen) atoms. The normalized spacial score (nSPS) is 47.7. The van der Waals surface area contributed by atoms with Crippen LogP contribution in [0.3, 0.4) is 0 Å². The maximum atomic E-state index is 11.9. The summed E-state index contributed by atoms with van der Waals surface area (Å²) in [4.78, 5) is 11.5. The van der Waals surface area contributed by atoms with E-state index in [1.54, 1.807) is 6.92 Å². The largest absolute Gasteiger partial charge is 0.457 e. The van der Waals surface area contributed by atoms with Crippen LogP contribution in [0.2, 0.25) is 0 Å². The van der Waals surface area contributed by atoms with Crippen LogP contribution in [0.25, 0.3) is 0 Å². The smallest absolute Gasteiger partial charge is 0.303 e. The molecule has 5 aliphatic rings. The van der Waals surface area contributed by atoms with E-state index in [4.69, 9.17) is 14.2 Å². The topological polar surface area (TPSA) is 126 Å². The van der Waals surface area contributed by atoms with Gasteiger partial charge >= 0.3 is 5.97 Å². The lowest BCUT2D eigenvalue weighted by Crippen LogP contribution is -2.59. The molecule has 15 atom stereocenters. The number of carbonyl (C=O) groups is 1. The monoisotopic (exact) mass is 618 g/mol. The Hall–Kier alpha value is -1.29. The minimum Gasteiger partial charge on any atom is -0.457 e. The molecule has 4 N–H and O–H groups in total. The third-order valence-electron chi connectivity index (χ3n) is 12.9. The van der Waals surface area contributed by atoms with Gasteiger partial charge in [-0.1, -0.05) is 58.4 Å². The molecule has 0 aromatic heterocycles. The van der Waals surface area contributed by atoms with Crippen molar-refractivity contribution in [2.75, 3.05) is 0 Å². The summed E-state index contributed by atoms with van der Waals surface area (Å²) in [7, 11) is 0. The first-order valence-electron chi connectivity index (χ1n) is 17.2. The second-order valence-electron chi connectivity index (χ2n) is 15.9. The number of fused-ring (bicyclic) bond motifs is 5. The third kappa shape index (κ3) is 5.97. The van der Waals surface area contributed by atoms with E-state index in [1.165, 1.54) is 18.1 Å². The van der Waals surface area contributed by atoms with E-state index >= 15 is 0 Å². The molecule has 3 saturated carbocycles. The summed E-state index contributed by atoms with van der Waals surface area (Å²) >= 11 is 0. The molecule has 0 bridgehead atoms. The lowest BCUT2D eigenvalue weighted by Gasteiger charge is -2.60. The van der Waals surface area contributed by atoms with Crippen molar-refractivity contribution < 1.29 is 39.4 Å². The highest BCUT2D eigenvalue weighted by atomic mass is 16.7. The Balaban J connectivity index is 1.28. The molecular formula is C36H58O8. The third-order valence-corrected chi connectivity index (χ3v) is 12.9. The van der Waals surface area contributed by atoms with Gasteiger partial charge in [-0.25, -0.2) is 0 Å². The van der Waals surface area contributed by atoms with Gasteiger partial charge in [-0.15, -0.1) is 0 Å². The van der Waals surface area contributed by atoms with E-state index in [1.807, 2.05) is 0 Å². The summed E-state index contributed by atoms with van der Waals surface area (Å²) in [6, 6.07) is 0. The van der Waals surface area contributed by atoms with Crippen LogP contribution in [0.4, 0.5) is 0 Å². The first kappa shape index (κ1) is 34.1. The predicted octanol–water partition coefficient (Wildman–Crippen LogP) is 4.92. The molecule has 0 amide bonds. The van der Waals surface area contributed by atoms with Gasteiger partial charge in [0.1, 0.15) is 12.2 Å². The number of rotatable bonds is 8. The lowest BCUT2D eigenvalue weighted by molar-refractivity contribution is -0.307. The molecule has 8 heteroatoms.